The summed E-state index contributed by atoms with van der Waals surface area (Å²) < 4.78 is 18.8. The molecule has 1 N–H and O–H groups in total. The summed E-state index contributed by atoms with van der Waals surface area (Å²) in [4.78, 5) is 0. The third-order valence-electron chi connectivity index (χ3n) is 3.36. The van der Waals surface area contributed by atoms with Crippen LogP contribution in [0.5, 0.6) is 5.75 Å². The molecule has 0 radical (unpaired) electrons. The van der Waals surface area contributed by atoms with Gasteiger partial charge in [-0.25, -0.2) is 4.39 Å². The van der Waals surface area contributed by atoms with E-state index < -0.39 is 0 Å². The normalized spacial score (nSPS) is 20.1. The summed E-state index contributed by atoms with van der Waals surface area (Å²) in [5, 5.41) is 3.33. The maximum absolute atomic E-state index is 13.5. The van der Waals surface area contributed by atoms with E-state index in [4.69, 9.17) is 4.74 Å². The summed E-state index contributed by atoms with van der Waals surface area (Å²) in [5.41, 5.74) is 1.75. The van der Waals surface area contributed by atoms with Crippen LogP contribution in [-0.2, 0) is 6.42 Å². The van der Waals surface area contributed by atoms with Gasteiger partial charge in [-0.2, -0.15) is 0 Å². The van der Waals surface area contributed by atoms with Crippen LogP contribution in [0, 0.1) is 18.7 Å². The second kappa shape index (κ2) is 4.83. The largest absolute Gasteiger partial charge is 0.496 e. The predicted molar refractivity (Wildman–Crippen MR) is 62.4 cm³/mol. The van der Waals surface area contributed by atoms with Crippen LogP contribution in [0.15, 0.2) is 12.1 Å². The van der Waals surface area contributed by atoms with Gasteiger partial charge in [-0.1, -0.05) is 0 Å². The molecule has 0 saturated carbocycles. The van der Waals surface area contributed by atoms with E-state index in [1.807, 2.05) is 6.92 Å². The van der Waals surface area contributed by atoms with Gasteiger partial charge in [0.05, 0.1) is 7.11 Å². The van der Waals surface area contributed by atoms with Crippen molar-refractivity contribution in [1.82, 2.24) is 5.32 Å². The van der Waals surface area contributed by atoms with E-state index >= 15 is 0 Å². The number of rotatable bonds is 3. The summed E-state index contributed by atoms with van der Waals surface area (Å²) in [6, 6.07) is 3.20. The van der Waals surface area contributed by atoms with Gasteiger partial charge in [0.15, 0.2) is 0 Å². The van der Waals surface area contributed by atoms with E-state index in [2.05, 4.69) is 5.32 Å². The monoisotopic (exact) mass is 223 g/mol. The first-order valence-electron chi connectivity index (χ1n) is 5.75. The van der Waals surface area contributed by atoms with Gasteiger partial charge in [0.25, 0.3) is 0 Å². The quantitative estimate of drug-likeness (QED) is 0.849. The van der Waals surface area contributed by atoms with E-state index in [9.17, 15) is 4.39 Å². The zero-order valence-electron chi connectivity index (χ0n) is 9.85. The number of hydrogen-bond acceptors (Lipinski definition) is 2. The van der Waals surface area contributed by atoms with Crippen LogP contribution in [0.1, 0.15) is 17.5 Å². The average Bonchev–Trinajstić information content (AvgIpc) is 2.78. The highest BCUT2D eigenvalue weighted by atomic mass is 19.1. The zero-order chi connectivity index (χ0) is 11.5. The van der Waals surface area contributed by atoms with E-state index in [0.717, 1.165) is 36.4 Å². The highest BCUT2D eigenvalue weighted by Gasteiger charge is 2.19. The van der Waals surface area contributed by atoms with Crippen LogP contribution in [0.2, 0.25) is 0 Å². The Hall–Kier alpha value is -1.09. The van der Waals surface area contributed by atoms with Gasteiger partial charge in [-0.05, 0) is 56.5 Å². The molecule has 1 aromatic carbocycles. The molecule has 3 heteroatoms. The Labute approximate surface area is 95.8 Å². The van der Waals surface area contributed by atoms with Crippen molar-refractivity contribution in [3.8, 4) is 5.75 Å². The molecule has 1 heterocycles. The van der Waals surface area contributed by atoms with Crippen LogP contribution >= 0.6 is 0 Å². The summed E-state index contributed by atoms with van der Waals surface area (Å²) in [5.74, 6) is 1.28. The second-order valence-corrected chi connectivity index (χ2v) is 4.42. The van der Waals surface area contributed by atoms with Gasteiger partial charge < -0.3 is 10.1 Å². The fourth-order valence-electron chi connectivity index (χ4n) is 2.33. The van der Waals surface area contributed by atoms with Crippen molar-refractivity contribution in [2.75, 3.05) is 20.2 Å². The summed E-state index contributed by atoms with van der Waals surface area (Å²) in [7, 11) is 1.64. The van der Waals surface area contributed by atoms with E-state index in [0.29, 0.717) is 5.92 Å². The highest BCUT2D eigenvalue weighted by molar-refractivity contribution is 5.40. The Balaban J connectivity index is 2.25. The van der Waals surface area contributed by atoms with Crippen LogP contribution in [0.3, 0.4) is 0 Å². The Morgan fingerprint density at radius 3 is 2.94 bits per heavy atom. The minimum absolute atomic E-state index is 0.137. The molecular formula is C13H18FNO. The molecule has 2 nitrogen and oxygen atoms in total. The summed E-state index contributed by atoms with van der Waals surface area (Å²) >= 11 is 0. The molecule has 1 atom stereocenters. The van der Waals surface area contributed by atoms with E-state index in [-0.39, 0.29) is 5.82 Å². The van der Waals surface area contributed by atoms with Crippen LogP contribution in [-0.4, -0.2) is 20.2 Å². The van der Waals surface area contributed by atoms with Crippen LogP contribution in [0.25, 0.3) is 0 Å². The lowest BCUT2D eigenvalue weighted by Gasteiger charge is -2.15. The van der Waals surface area contributed by atoms with Crippen molar-refractivity contribution in [2.24, 2.45) is 5.92 Å². The maximum Gasteiger partial charge on any atom is 0.126 e. The Bertz CT molecular complexity index is 372. The van der Waals surface area contributed by atoms with Crippen molar-refractivity contribution in [1.29, 1.82) is 0 Å². The van der Waals surface area contributed by atoms with Gasteiger partial charge in [0.1, 0.15) is 11.6 Å². The SMILES string of the molecule is COc1ccc(F)c(C)c1CC1CCNC1. The Morgan fingerprint density at radius 2 is 2.31 bits per heavy atom. The third-order valence-corrected chi connectivity index (χ3v) is 3.36. The molecule has 1 aliphatic heterocycles. The number of ether oxygens (including phenoxy) is 1. The van der Waals surface area contributed by atoms with Crippen molar-refractivity contribution in [3.63, 3.8) is 0 Å². The molecule has 1 aromatic rings. The molecule has 88 valence electrons. The molecular weight excluding hydrogens is 205 g/mol. The highest BCUT2D eigenvalue weighted by Crippen LogP contribution is 2.28. The lowest BCUT2D eigenvalue weighted by atomic mass is 9.94. The lowest BCUT2D eigenvalue weighted by Crippen LogP contribution is -2.12. The molecule has 2 rings (SSSR count). The average molecular weight is 223 g/mol. The Morgan fingerprint density at radius 1 is 1.50 bits per heavy atom. The van der Waals surface area contributed by atoms with Gasteiger partial charge in [-0.15, -0.1) is 0 Å². The van der Waals surface area contributed by atoms with Gasteiger partial charge >= 0.3 is 0 Å². The van der Waals surface area contributed by atoms with E-state index in [1.165, 1.54) is 12.5 Å². The molecule has 1 saturated heterocycles. The fourth-order valence-corrected chi connectivity index (χ4v) is 2.33. The number of nitrogens with one attached hydrogen (secondary N) is 1. The molecule has 0 aliphatic carbocycles. The van der Waals surface area contributed by atoms with Crippen molar-refractivity contribution in [3.05, 3.63) is 29.1 Å². The van der Waals surface area contributed by atoms with Gasteiger partial charge in [0, 0.05) is 5.56 Å². The van der Waals surface area contributed by atoms with Crippen molar-refractivity contribution in [2.45, 2.75) is 19.8 Å². The lowest BCUT2D eigenvalue weighted by molar-refractivity contribution is 0.403. The maximum atomic E-state index is 13.5. The summed E-state index contributed by atoms with van der Waals surface area (Å²) in [6.45, 7) is 3.93. The van der Waals surface area contributed by atoms with Crippen LogP contribution < -0.4 is 10.1 Å². The zero-order valence-corrected chi connectivity index (χ0v) is 9.85. The molecule has 1 aliphatic rings. The molecule has 1 unspecified atom stereocenters. The topological polar surface area (TPSA) is 21.3 Å². The summed E-state index contributed by atoms with van der Waals surface area (Å²) in [6.07, 6.45) is 2.07. The molecule has 0 aromatic heterocycles. The van der Waals surface area contributed by atoms with Crippen LogP contribution in [0.4, 0.5) is 4.39 Å². The molecule has 0 bridgehead atoms. The molecule has 0 spiro atoms. The van der Waals surface area contributed by atoms with Crippen molar-refractivity contribution < 1.29 is 9.13 Å². The van der Waals surface area contributed by atoms with E-state index in [1.54, 1.807) is 13.2 Å². The molecule has 16 heavy (non-hydrogen) atoms. The van der Waals surface area contributed by atoms with Gasteiger partial charge in [-0.3, -0.25) is 0 Å². The first-order chi connectivity index (χ1) is 7.72. The fraction of sp³-hybridized carbons (Fsp3) is 0.538. The molecule has 0 amide bonds. The third kappa shape index (κ3) is 2.19. The standard InChI is InChI=1S/C13H18FNO/c1-9-11(7-10-5-6-15-8-10)13(16-2)4-3-12(9)14/h3-4,10,15H,5-8H2,1-2H3. The first-order valence-corrected chi connectivity index (χ1v) is 5.75. The van der Waals surface area contributed by atoms with Crippen molar-refractivity contribution >= 4 is 0 Å². The first kappa shape index (κ1) is 11.4. The second-order valence-electron chi connectivity index (χ2n) is 4.42. The number of hydrogen-bond donors (Lipinski definition) is 1. The number of halogens is 1. The Kier molecular flexibility index (Phi) is 3.44. The minimum Gasteiger partial charge on any atom is -0.496 e. The number of methoxy groups -OCH3 is 1. The van der Waals surface area contributed by atoms with Gasteiger partial charge in [0.2, 0.25) is 0 Å². The molecule has 1 fully saturated rings. The number of benzene rings is 1. The smallest absolute Gasteiger partial charge is 0.126 e. The minimum atomic E-state index is -0.137. The predicted octanol–water partition coefficient (Wildman–Crippen LogP) is 2.29.